The van der Waals surface area contributed by atoms with Crippen molar-refractivity contribution in [3.05, 3.63) is 47.6 Å². The third kappa shape index (κ3) is 6.35. The summed E-state index contributed by atoms with van der Waals surface area (Å²) >= 11 is 3.82. The van der Waals surface area contributed by atoms with Crippen LogP contribution in [0.2, 0.25) is 0 Å². The van der Waals surface area contributed by atoms with Gasteiger partial charge < -0.3 is 14.8 Å². The summed E-state index contributed by atoms with van der Waals surface area (Å²) in [6.07, 6.45) is 6.66. The van der Waals surface area contributed by atoms with E-state index in [0.717, 1.165) is 17.1 Å². The predicted octanol–water partition coefficient (Wildman–Crippen LogP) is 4.85. The van der Waals surface area contributed by atoms with Gasteiger partial charge in [0.15, 0.2) is 11.5 Å². The lowest BCUT2D eigenvalue weighted by atomic mass is 9.93. The second-order valence-corrected chi connectivity index (χ2v) is 13.8. The summed E-state index contributed by atoms with van der Waals surface area (Å²) in [5.41, 5.74) is 2.30. The Morgan fingerprint density at radius 3 is 2.44 bits per heavy atom. The van der Waals surface area contributed by atoms with Crippen LogP contribution >= 0.6 is 23.5 Å². The predicted molar refractivity (Wildman–Crippen MR) is 146 cm³/mol. The zero-order valence-electron chi connectivity index (χ0n) is 20.7. The Balaban J connectivity index is 1.76. The van der Waals surface area contributed by atoms with Crippen LogP contribution < -0.4 is 14.8 Å². The summed E-state index contributed by atoms with van der Waals surface area (Å²) in [7, 11) is -1.88. The molecule has 0 saturated carbocycles. The first-order valence-electron chi connectivity index (χ1n) is 12.0. The van der Waals surface area contributed by atoms with Crippen LogP contribution in [0.5, 0.6) is 11.5 Å². The molecule has 6 nitrogen and oxygen atoms in total. The molecule has 1 aromatic carbocycles. The number of allylic oxidation sites excluding steroid dienone is 3. The summed E-state index contributed by atoms with van der Waals surface area (Å²) in [5.74, 6) is 3.42. The van der Waals surface area contributed by atoms with Crippen molar-refractivity contribution in [1.82, 2.24) is 9.62 Å². The highest BCUT2D eigenvalue weighted by atomic mass is 32.2. The quantitative estimate of drug-likeness (QED) is 0.391. The van der Waals surface area contributed by atoms with Crippen LogP contribution in [-0.2, 0) is 10.0 Å². The Labute approximate surface area is 214 Å². The minimum absolute atomic E-state index is 0.287. The minimum atomic E-state index is -3.53. The second-order valence-electron chi connectivity index (χ2n) is 8.46. The third-order valence-corrected chi connectivity index (χ3v) is 11.4. The number of piperazine rings is 1. The number of nitrogens with one attached hydrogen (secondary N) is 1. The molecule has 0 spiro atoms. The maximum absolute atomic E-state index is 13.7. The number of hydrogen-bond acceptors (Lipinski definition) is 7. The van der Waals surface area contributed by atoms with Crippen LogP contribution in [0.4, 0.5) is 0 Å². The molecule has 9 heteroatoms. The summed E-state index contributed by atoms with van der Waals surface area (Å²) in [5, 5.41) is 3.24. The van der Waals surface area contributed by atoms with E-state index in [0.29, 0.717) is 55.1 Å². The molecule has 34 heavy (non-hydrogen) atoms. The molecule has 1 heterocycles. The van der Waals surface area contributed by atoms with Gasteiger partial charge in [0.05, 0.1) is 18.3 Å². The van der Waals surface area contributed by atoms with Crippen LogP contribution in [-0.4, -0.2) is 68.9 Å². The van der Waals surface area contributed by atoms with E-state index in [4.69, 9.17) is 9.47 Å². The van der Waals surface area contributed by atoms with Crippen LogP contribution in [0.3, 0.4) is 0 Å². The molecule has 190 valence electrons. The van der Waals surface area contributed by atoms with Gasteiger partial charge in [-0.3, -0.25) is 0 Å². The first-order chi connectivity index (χ1) is 16.4. The molecular weight excluding hydrogens is 488 g/mol. The summed E-state index contributed by atoms with van der Waals surface area (Å²) in [4.78, 5) is 0. The lowest BCUT2D eigenvalue weighted by Gasteiger charge is -2.38. The summed E-state index contributed by atoms with van der Waals surface area (Å²) < 4.78 is 40.2. The van der Waals surface area contributed by atoms with Crippen molar-refractivity contribution in [2.24, 2.45) is 0 Å². The van der Waals surface area contributed by atoms with Gasteiger partial charge in [0.25, 0.3) is 0 Å². The number of thioether (sulfide) groups is 2. The number of methoxy groups -OCH3 is 1. The topological polar surface area (TPSA) is 67.9 Å². The summed E-state index contributed by atoms with van der Waals surface area (Å²) in [6, 6.07) is 6.09. The molecule has 1 unspecified atom stereocenters. The average Bonchev–Trinajstić information content (AvgIpc) is 2.86. The Kier molecular flexibility index (Phi) is 10.3. The van der Waals surface area contributed by atoms with Gasteiger partial charge in [0.2, 0.25) is 10.0 Å². The van der Waals surface area contributed by atoms with E-state index in [1.807, 2.05) is 60.8 Å². The Bertz CT molecular complexity index is 968. The van der Waals surface area contributed by atoms with Gasteiger partial charge in [0.1, 0.15) is 4.75 Å². The zero-order valence-corrected chi connectivity index (χ0v) is 23.2. The van der Waals surface area contributed by atoms with E-state index >= 15 is 0 Å². The molecule has 1 N–H and O–H groups in total. The maximum Gasteiger partial charge on any atom is 0.224 e. The van der Waals surface area contributed by atoms with E-state index in [1.165, 1.54) is 5.56 Å². The van der Waals surface area contributed by atoms with E-state index in [1.54, 1.807) is 11.4 Å². The van der Waals surface area contributed by atoms with Crippen molar-refractivity contribution < 1.29 is 17.9 Å². The van der Waals surface area contributed by atoms with Crippen molar-refractivity contribution in [2.75, 3.05) is 51.4 Å². The molecule has 1 fully saturated rings. The highest BCUT2D eigenvalue weighted by Gasteiger charge is 2.45. The van der Waals surface area contributed by atoms with E-state index in [-0.39, 0.29) is 6.61 Å². The van der Waals surface area contributed by atoms with Crippen LogP contribution in [0, 0.1) is 0 Å². The Morgan fingerprint density at radius 2 is 1.85 bits per heavy atom. The molecule has 1 aromatic rings. The van der Waals surface area contributed by atoms with Gasteiger partial charge in [0, 0.05) is 32.6 Å². The fourth-order valence-electron chi connectivity index (χ4n) is 4.23. The number of sulfonamides is 1. The lowest BCUT2D eigenvalue weighted by molar-refractivity contribution is 0.272. The van der Waals surface area contributed by atoms with Gasteiger partial charge in [-0.1, -0.05) is 43.7 Å². The number of nitrogens with zero attached hydrogens (tertiary/aromatic N) is 1. The SMILES string of the molecule is CCSC(SCC)c1ccc(OCCC2(S(=O)(=O)N3CCNCC3)C=CC(C)=CC2)c(OC)c1. The van der Waals surface area contributed by atoms with Crippen LogP contribution in [0.1, 0.15) is 43.8 Å². The van der Waals surface area contributed by atoms with Gasteiger partial charge in [-0.15, -0.1) is 23.5 Å². The molecule has 0 bridgehead atoms. The smallest absolute Gasteiger partial charge is 0.224 e. The van der Waals surface area contributed by atoms with Crippen LogP contribution in [0.15, 0.2) is 42.0 Å². The van der Waals surface area contributed by atoms with Gasteiger partial charge in [-0.25, -0.2) is 8.42 Å². The molecule has 1 aliphatic heterocycles. The highest BCUT2D eigenvalue weighted by molar-refractivity contribution is 8.16. The fourth-order valence-corrected chi connectivity index (χ4v) is 8.77. The normalized spacial score (nSPS) is 21.5. The van der Waals surface area contributed by atoms with Crippen molar-refractivity contribution in [2.45, 2.75) is 42.9 Å². The van der Waals surface area contributed by atoms with Crippen molar-refractivity contribution in [3.8, 4) is 11.5 Å². The van der Waals surface area contributed by atoms with Gasteiger partial charge >= 0.3 is 0 Å². The maximum atomic E-state index is 13.7. The van der Waals surface area contributed by atoms with Gasteiger partial charge in [-0.05, 0) is 42.5 Å². The Hall–Kier alpha value is -1.13. The summed E-state index contributed by atoms with van der Waals surface area (Å²) in [6.45, 7) is 9.00. The second kappa shape index (κ2) is 12.7. The van der Waals surface area contributed by atoms with Crippen molar-refractivity contribution in [1.29, 1.82) is 0 Å². The molecule has 3 rings (SSSR count). The first kappa shape index (κ1) is 27.5. The fraction of sp³-hybridized carbons (Fsp3) is 0.600. The molecule has 0 amide bonds. The lowest BCUT2D eigenvalue weighted by Crippen LogP contribution is -2.54. The number of benzene rings is 1. The van der Waals surface area contributed by atoms with Crippen molar-refractivity contribution in [3.63, 3.8) is 0 Å². The number of rotatable bonds is 12. The van der Waals surface area contributed by atoms with E-state index in [9.17, 15) is 8.42 Å². The molecule has 1 aliphatic carbocycles. The van der Waals surface area contributed by atoms with Crippen molar-refractivity contribution >= 4 is 33.5 Å². The number of ether oxygens (including phenoxy) is 2. The molecule has 0 radical (unpaired) electrons. The van der Waals surface area contributed by atoms with E-state index in [2.05, 4.69) is 25.2 Å². The number of hydrogen-bond donors (Lipinski definition) is 1. The third-order valence-electron chi connectivity index (χ3n) is 6.23. The molecule has 2 aliphatic rings. The molecular formula is C25H38N2O4S3. The highest BCUT2D eigenvalue weighted by Crippen LogP contribution is 2.42. The molecule has 1 saturated heterocycles. The monoisotopic (exact) mass is 526 g/mol. The van der Waals surface area contributed by atoms with Gasteiger partial charge in [-0.2, -0.15) is 4.31 Å². The largest absolute Gasteiger partial charge is 0.493 e. The van der Waals surface area contributed by atoms with E-state index < -0.39 is 14.8 Å². The Morgan fingerprint density at radius 1 is 1.15 bits per heavy atom. The average molecular weight is 527 g/mol. The van der Waals surface area contributed by atoms with Crippen LogP contribution in [0.25, 0.3) is 0 Å². The minimum Gasteiger partial charge on any atom is -0.493 e. The standard InChI is InChI=1S/C25H38N2O4S3/c1-5-32-24(33-6-2)21-7-8-22(23(19-21)30-4)31-18-13-25(11-9-20(3)10-12-25)34(28,29)27-16-14-26-15-17-27/h7-11,19,24,26H,5-6,12-18H2,1-4H3. The molecule has 0 aromatic heterocycles. The first-order valence-corrected chi connectivity index (χ1v) is 15.5. The zero-order chi connectivity index (χ0) is 24.6. The molecule has 1 atom stereocenters.